The molecule has 1 saturated carbocycles. The molecule has 2 rings (SSSR count). The molecule has 1 aliphatic rings. The molecule has 21 heavy (non-hydrogen) atoms. The Morgan fingerprint density at radius 1 is 1.48 bits per heavy atom. The van der Waals surface area contributed by atoms with Crippen LogP contribution in [0.25, 0.3) is 5.73 Å². The Morgan fingerprint density at radius 2 is 2.05 bits per heavy atom. The Kier molecular flexibility index (Phi) is 10.2. The van der Waals surface area contributed by atoms with Crippen molar-refractivity contribution in [2.45, 2.75) is 24.3 Å². The fraction of sp³-hybridized carbons (Fsp3) is 0.357. The zero-order valence-electron chi connectivity index (χ0n) is 11.8. The number of nitrogens with one attached hydrogen (secondary N) is 1. The minimum absolute atomic E-state index is 0. The van der Waals surface area contributed by atoms with E-state index in [0.717, 1.165) is 18.4 Å². The predicted octanol–water partition coefficient (Wildman–Crippen LogP) is 1.27. The fourth-order valence-electron chi connectivity index (χ4n) is 1.48. The summed E-state index contributed by atoms with van der Waals surface area (Å²) in [5, 5.41) is 0. The quantitative estimate of drug-likeness (QED) is 0.810. The first-order chi connectivity index (χ1) is 8.95. The minimum atomic E-state index is -0.931. The van der Waals surface area contributed by atoms with Crippen molar-refractivity contribution >= 4 is 12.2 Å². The molecule has 5 N–H and O–H groups in total. The molecule has 0 heterocycles. The Bertz CT molecular complexity index is 467. The molecular weight excluding hydrogens is 312 g/mol. The van der Waals surface area contributed by atoms with E-state index in [1.54, 1.807) is 12.1 Å². The summed E-state index contributed by atoms with van der Waals surface area (Å²) in [4.78, 5) is 20.4. The van der Waals surface area contributed by atoms with Gasteiger partial charge < -0.3 is 29.4 Å². The average Bonchev–Trinajstić information content (AvgIpc) is 3.19. The van der Waals surface area contributed by atoms with Gasteiger partial charge in [-0.1, -0.05) is 30.5 Å². The molecule has 0 aromatic heterocycles. The van der Waals surface area contributed by atoms with E-state index in [-0.39, 0.29) is 38.3 Å². The van der Waals surface area contributed by atoms with Crippen LogP contribution >= 0.6 is 0 Å². The second-order valence-corrected chi connectivity index (χ2v) is 4.39. The summed E-state index contributed by atoms with van der Waals surface area (Å²) in [6.07, 6.45) is 3.59. The molecule has 7 heteroatoms. The number of halogens is 1. The summed E-state index contributed by atoms with van der Waals surface area (Å²) in [6.45, 7) is 0.00926. The number of amides is 1. The van der Waals surface area contributed by atoms with E-state index in [1.807, 2.05) is 6.29 Å². The van der Waals surface area contributed by atoms with E-state index in [9.17, 15) is 14.0 Å². The maximum atomic E-state index is 12.7. The molecule has 1 aliphatic carbocycles. The third-order valence-corrected chi connectivity index (χ3v) is 2.90. The summed E-state index contributed by atoms with van der Waals surface area (Å²) in [5.41, 5.74) is 16.5. The fourth-order valence-corrected chi connectivity index (χ4v) is 1.48. The Morgan fingerprint density at radius 3 is 2.33 bits per heavy atom. The smallest absolute Gasteiger partial charge is 0.200 e. The average molecular weight is 331 g/mol. The van der Waals surface area contributed by atoms with Crippen LogP contribution in [0.3, 0.4) is 0 Å². The Hall–Kier alpha value is -1.21. The molecule has 1 amide bonds. The molecule has 117 valence electrons. The van der Waals surface area contributed by atoms with Crippen LogP contribution in [0.2, 0.25) is 0 Å². The minimum Gasteiger partial charge on any atom is -0.666 e. The third kappa shape index (κ3) is 6.39. The normalized spacial score (nSPS) is 15.2. The van der Waals surface area contributed by atoms with E-state index in [0.29, 0.717) is 0 Å². The molecule has 0 bridgehead atoms. The van der Waals surface area contributed by atoms with Crippen LogP contribution in [0.15, 0.2) is 24.3 Å². The van der Waals surface area contributed by atoms with Crippen LogP contribution in [0.1, 0.15) is 18.4 Å². The van der Waals surface area contributed by atoms with Gasteiger partial charge in [0.05, 0.1) is 0 Å². The summed E-state index contributed by atoms with van der Waals surface area (Å²) in [5.74, 6) is -0.948. The van der Waals surface area contributed by atoms with Crippen LogP contribution in [0, 0.1) is 13.2 Å². The first-order valence-electron chi connectivity index (χ1n) is 5.81. The molecule has 0 saturated heterocycles. The molecule has 1 unspecified atom stereocenters. The van der Waals surface area contributed by atoms with E-state index >= 15 is 0 Å². The topological polar surface area (TPSA) is 110 Å². The van der Waals surface area contributed by atoms with Crippen LogP contribution in [-0.4, -0.2) is 24.8 Å². The van der Waals surface area contributed by atoms with E-state index in [4.69, 9.17) is 11.5 Å². The van der Waals surface area contributed by atoms with Gasteiger partial charge in [0.15, 0.2) is 0 Å². The molecule has 0 spiro atoms. The van der Waals surface area contributed by atoms with Crippen LogP contribution in [-0.2, 0) is 33.6 Å². The van der Waals surface area contributed by atoms with Crippen molar-refractivity contribution in [2.75, 3.05) is 6.54 Å². The maximum Gasteiger partial charge on any atom is 0.200 e. The summed E-state index contributed by atoms with van der Waals surface area (Å²) < 4.78 is 12.7. The number of primary amides is 1. The van der Waals surface area contributed by atoms with Gasteiger partial charge in [0.25, 0.3) is 0 Å². The largest absolute Gasteiger partial charge is 0.666 e. The van der Waals surface area contributed by atoms with Gasteiger partial charge in [-0.2, -0.15) is 0 Å². The van der Waals surface area contributed by atoms with Crippen molar-refractivity contribution in [3.8, 4) is 0 Å². The predicted molar refractivity (Wildman–Crippen MR) is 75.8 cm³/mol. The summed E-state index contributed by atoms with van der Waals surface area (Å²) >= 11 is 0. The molecular formula is C14H19FN3O2V-3. The first kappa shape index (κ1) is 22.1. The van der Waals surface area contributed by atoms with Gasteiger partial charge in [0.1, 0.15) is 5.82 Å². The number of nitrogens with two attached hydrogens (primary N) is 2. The van der Waals surface area contributed by atoms with Gasteiger partial charge in [0, 0.05) is 18.6 Å². The van der Waals surface area contributed by atoms with Crippen molar-refractivity contribution in [3.63, 3.8) is 0 Å². The molecule has 1 fully saturated rings. The van der Waals surface area contributed by atoms with E-state index in [1.165, 1.54) is 12.1 Å². The van der Waals surface area contributed by atoms with Crippen molar-refractivity contribution < 1.29 is 32.5 Å². The van der Waals surface area contributed by atoms with Crippen LogP contribution < -0.4 is 11.5 Å². The molecule has 1 aromatic carbocycles. The number of hydrogen-bond acceptors (Lipinski definition) is 3. The van der Waals surface area contributed by atoms with Crippen LogP contribution in [0.4, 0.5) is 4.39 Å². The van der Waals surface area contributed by atoms with Gasteiger partial charge in [-0.05, 0) is 24.7 Å². The Labute approximate surface area is 136 Å². The standard InChI is InChI=1S/C10H8FO.C3H8N3O.CH3.V/c11-9-3-1-2-8(6-9)10(7-12)4-5-10;4-1-2(5)3(6)7;;/h1-3,6H,4-5H2;2,5H,1,4H2,(H2,6,7);1H3;/q3*-1;. The first-order valence-corrected chi connectivity index (χ1v) is 5.81. The number of hydrogen-bond donors (Lipinski definition) is 2. The second-order valence-electron chi connectivity index (χ2n) is 4.39. The SMILES string of the molecule is O=[C-]C1(c2cccc(F)c2)CC1.[CH3-].[NH-]C(CN)C(N)=O.[V]. The van der Waals surface area contributed by atoms with Crippen molar-refractivity contribution in [1.29, 1.82) is 0 Å². The number of carbonyl (C=O) groups is 1. The number of benzene rings is 1. The zero-order chi connectivity index (χ0) is 14.5. The molecule has 5 nitrogen and oxygen atoms in total. The molecule has 0 aliphatic heterocycles. The monoisotopic (exact) mass is 331 g/mol. The molecule has 1 aromatic rings. The summed E-state index contributed by atoms with van der Waals surface area (Å²) in [6, 6.07) is 5.27. The van der Waals surface area contributed by atoms with E-state index in [2.05, 4.69) is 5.73 Å². The van der Waals surface area contributed by atoms with E-state index < -0.39 is 17.4 Å². The van der Waals surface area contributed by atoms with Crippen molar-refractivity contribution in [1.82, 2.24) is 0 Å². The molecule has 1 atom stereocenters. The zero-order valence-corrected chi connectivity index (χ0v) is 13.2. The number of rotatable bonds is 4. The Balaban J connectivity index is 0. The van der Waals surface area contributed by atoms with Gasteiger partial charge in [-0.25, -0.2) is 4.39 Å². The van der Waals surface area contributed by atoms with Crippen LogP contribution in [0.5, 0.6) is 0 Å². The molecule has 1 radical (unpaired) electrons. The van der Waals surface area contributed by atoms with Gasteiger partial charge in [-0.3, -0.25) is 11.1 Å². The second kappa shape index (κ2) is 9.68. The van der Waals surface area contributed by atoms with Crippen molar-refractivity contribution in [3.05, 3.63) is 48.8 Å². The summed E-state index contributed by atoms with van der Waals surface area (Å²) in [7, 11) is 0. The van der Waals surface area contributed by atoms with Gasteiger partial charge in [0.2, 0.25) is 5.91 Å². The van der Waals surface area contributed by atoms with Crippen molar-refractivity contribution in [2.24, 2.45) is 11.5 Å². The maximum absolute atomic E-state index is 12.7. The third-order valence-electron chi connectivity index (χ3n) is 2.90. The van der Waals surface area contributed by atoms with Gasteiger partial charge >= 0.3 is 0 Å². The number of carbonyl (C=O) groups excluding carboxylic acids is 2. The van der Waals surface area contributed by atoms with Gasteiger partial charge in [-0.15, -0.1) is 5.41 Å².